The first kappa shape index (κ1) is 14.5. The average Bonchev–Trinajstić information content (AvgIpc) is 2.92. The van der Waals surface area contributed by atoms with Crippen LogP contribution in [0.25, 0.3) is 0 Å². The molecule has 0 radical (unpaired) electrons. The molecule has 0 aliphatic carbocycles. The Bertz CT molecular complexity index is 639. The van der Waals surface area contributed by atoms with Crippen molar-refractivity contribution < 1.29 is 12.9 Å². The third-order valence-electron chi connectivity index (χ3n) is 2.76. The van der Waals surface area contributed by atoms with Crippen LogP contribution in [-0.2, 0) is 16.3 Å². The molecular formula is C13H17N3O3S. The van der Waals surface area contributed by atoms with Gasteiger partial charge in [0.1, 0.15) is 0 Å². The van der Waals surface area contributed by atoms with E-state index in [0.29, 0.717) is 35.9 Å². The van der Waals surface area contributed by atoms with Crippen molar-refractivity contribution in [2.45, 2.75) is 24.7 Å². The van der Waals surface area contributed by atoms with E-state index in [9.17, 15) is 8.42 Å². The minimum atomic E-state index is -3.24. The molecule has 2 rings (SSSR count). The van der Waals surface area contributed by atoms with Crippen LogP contribution >= 0.6 is 0 Å². The summed E-state index contributed by atoms with van der Waals surface area (Å²) >= 11 is 0. The molecule has 108 valence electrons. The summed E-state index contributed by atoms with van der Waals surface area (Å²) in [5.74, 6) is 0.668. The molecule has 2 aromatic rings. The van der Waals surface area contributed by atoms with Crippen molar-refractivity contribution in [3.8, 4) is 0 Å². The third-order valence-corrected chi connectivity index (χ3v) is 4.73. The summed E-state index contributed by atoms with van der Waals surface area (Å²) in [5.41, 5.74) is 0.612. The maximum absolute atomic E-state index is 12.2. The highest BCUT2D eigenvalue weighted by atomic mass is 32.2. The van der Waals surface area contributed by atoms with Crippen molar-refractivity contribution in [3.05, 3.63) is 36.5 Å². The molecule has 7 heteroatoms. The molecule has 0 unspecified atom stereocenters. The van der Waals surface area contributed by atoms with E-state index in [0.717, 1.165) is 0 Å². The van der Waals surface area contributed by atoms with Gasteiger partial charge >= 0.3 is 0 Å². The van der Waals surface area contributed by atoms with Crippen molar-refractivity contribution in [2.75, 3.05) is 17.6 Å². The zero-order valence-corrected chi connectivity index (χ0v) is 12.1. The van der Waals surface area contributed by atoms with Crippen LogP contribution in [0.1, 0.15) is 19.2 Å². The fourth-order valence-corrected chi connectivity index (χ4v) is 3.39. The van der Waals surface area contributed by atoms with Gasteiger partial charge in [0.15, 0.2) is 16.2 Å². The van der Waals surface area contributed by atoms with Crippen LogP contribution in [0.15, 0.2) is 40.0 Å². The zero-order valence-electron chi connectivity index (χ0n) is 11.2. The molecular weight excluding hydrogens is 278 g/mol. The Morgan fingerprint density at radius 3 is 2.80 bits per heavy atom. The van der Waals surface area contributed by atoms with Crippen LogP contribution in [-0.4, -0.2) is 30.9 Å². The lowest BCUT2D eigenvalue weighted by Gasteiger charge is -2.11. The molecule has 0 amide bonds. The Labute approximate surface area is 118 Å². The fraction of sp³-hybridized carbons (Fsp3) is 0.385. The first-order chi connectivity index (χ1) is 9.63. The van der Waals surface area contributed by atoms with E-state index in [4.69, 9.17) is 4.52 Å². The number of benzene rings is 1. The number of nitrogens with zero attached hydrogens (tertiary/aromatic N) is 2. The van der Waals surface area contributed by atoms with E-state index in [-0.39, 0.29) is 5.75 Å². The summed E-state index contributed by atoms with van der Waals surface area (Å²) in [4.78, 5) is 4.25. The van der Waals surface area contributed by atoms with Gasteiger partial charge in [-0.05, 0) is 18.6 Å². The molecule has 1 aromatic carbocycles. The second-order valence-corrected chi connectivity index (χ2v) is 6.40. The summed E-state index contributed by atoms with van der Waals surface area (Å²) in [5, 5.41) is 6.63. The monoisotopic (exact) mass is 295 g/mol. The van der Waals surface area contributed by atoms with E-state index in [1.165, 1.54) is 6.33 Å². The van der Waals surface area contributed by atoms with E-state index >= 15 is 0 Å². The van der Waals surface area contributed by atoms with E-state index in [1.807, 2.05) is 6.92 Å². The fourth-order valence-electron chi connectivity index (χ4n) is 1.87. The van der Waals surface area contributed by atoms with Crippen LogP contribution in [0.5, 0.6) is 0 Å². The van der Waals surface area contributed by atoms with Gasteiger partial charge in [-0.3, -0.25) is 0 Å². The van der Waals surface area contributed by atoms with Crippen molar-refractivity contribution in [3.63, 3.8) is 0 Å². The maximum atomic E-state index is 12.2. The van der Waals surface area contributed by atoms with Crippen molar-refractivity contribution in [1.29, 1.82) is 0 Å². The number of hydrogen-bond acceptors (Lipinski definition) is 6. The van der Waals surface area contributed by atoms with Gasteiger partial charge in [0, 0.05) is 13.0 Å². The predicted molar refractivity (Wildman–Crippen MR) is 75.3 cm³/mol. The standard InChI is InChI=1S/C13H17N3O3S/c1-2-9-20(17,18)12-6-4-3-5-11(12)14-8-7-13-15-10-16-19-13/h3-6,10,14H,2,7-9H2,1H3. The van der Waals surface area contributed by atoms with Crippen LogP contribution < -0.4 is 5.32 Å². The van der Waals surface area contributed by atoms with Gasteiger partial charge < -0.3 is 9.84 Å². The molecule has 1 heterocycles. The average molecular weight is 295 g/mol. The highest BCUT2D eigenvalue weighted by Crippen LogP contribution is 2.22. The predicted octanol–water partition coefficient (Wildman–Crippen LogP) is 1.91. The summed E-state index contributed by atoms with van der Waals surface area (Å²) in [6, 6.07) is 6.92. The lowest BCUT2D eigenvalue weighted by atomic mass is 10.3. The number of hydrogen-bond donors (Lipinski definition) is 1. The molecule has 0 bridgehead atoms. The van der Waals surface area contributed by atoms with Gasteiger partial charge in [-0.2, -0.15) is 4.98 Å². The highest BCUT2D eigenvalue weighted by Gasteiger charge is 2.17. The second kappa shape index (κ2) is 6.51. The molecule has 6 nitrogen and oxygen atoms in total. The second-order valence-electron chi connectivity index (χ2n) is 4.33. The van der Waals surface area contributed by atoms with Crippen LogP contribution in [0.4, 0.5) is 5.69 Å². The van der Waals surface area contributed by atoms with Crippen molar-refractivity contribution in [2.24, 2.45) is 0 Å². The van der Waals surface area contributed by atoms with E-state index < -0.39 is 9.84 Å². The summed E-state index contributed by atoms with van der Waals surface area (Å²) in [7, 11) is -3.24. The lowest BCUT2D eigenvalue weighted by Crippen LogP contribution is -2.12. The SMILES string of the molecule is CCCS(=O)(=O)c1ccccc1NCCc1ncno1. The number of nitrogens with one attached hydrogen (secondary N) is 1. The molecule has 0 fully saturated rings. The van der Waals surface area contributed by atoms with Gasteiger partial charge in [0.2, 0.25) is 5.89 Å². The normalized spacial score (nSPS) is 11.4. The van der Waals surface area contributed by atoms with E-state index in [1.54, 1.807) is 24.3 Å². The van der Waals surface area contributed by atoms with Crippen LogP contribution in [0.2, 0.25) is 0 Å². The van der Waals surface area contributed by atoms with Gasteiger partial charge in [-0.15, -0.1) is 0 Å². The third kappa shape index (κ3) is 3.57. The highest BCUT2D eigenvalue weighted by molar-refractivity contribution is 7.91. The Balaban J connectivity index is 2.08. The number of aromatic nitrogens is 2. The molecule has 1 N–H and O–H groups in total. The molecule has 1 aromatic heterocycles. The molecule has 0 spiro atoms. The number of rotatable bonds is 7. The largest absolute Gasteiger partial charge is 0.383 e. The first-order valence-corrected chi connectivity index (χ1v) is 8.10. The smallest absolute Gasteiger partial charge is 0.228 e. The minimum absolute atomic E-state index is 0.148. The molecule has 20 heavy (non-hydrogen) atoms. The Morgan fingerprint density at radius 2 is 2.10 bits per heavy atom. The van der Waals surface area contributed by atoms with Crippen molar-refractivity contribution in [1.82, 2.24) is 10.1 Å². The Morgan fingerprint density at radius 1 is 1.30 bits per heavy atom. The first-order valence-electron chi connectivity index (χ1n) is 6.44. The number of para-hydroxylation sites is 1. The number of sulfone groups is 1. The van der Waals surface area contributed by atoms with Crippen molar-refractivity contribution >= 4 is 15.5 Å². The summed E-state index contributed by atoms with van der Waals surface area (Å²) in [6.07, 6.45) is 2.48. The molecule has 0 saturated carbocycles. The van der Waals surface area contributed by atoms with E-state index in [2.05, 4.69) is 15.5 Å². The minimum Gasteiger partial charge on any atom is -0.383 e. The maximum Gasteiger partial charge on any atom is 0.228 e. The lowest BCUT2D eigenvalue weighted by molar-refractivity contribution is 0.380. The quantitative estimate of drug-likeness (QED) is 0.840. The Hall–Kier alpha value is -1.89. The molecule has 0 aliphatic heterocycles. The van der Waals surface area contributed by atoms with Crippen LogP contribution in [0.3, 0.4) is 0 Å². The molecule has 0 aliphatic rings. The topological polar surface area (TPSA) is 85.1 Å². The van der Waals surface area contributed by atoms with Gasteiger partial charge in [0.25, 0.3) is 0 Å². The summed E-state index contributed by atoms with van der Waals surface area (Å²) in [6.45, 7) is 2.38. The van der Waals surface area contributed by atoms with Gasteiger partial charge in [-0.1, -0.05) is 24.2 Å². The van der Waals surface area contributed by atoms with Crippen LogP contribution in [0, 0.1) is 0 Å². The molecule has 0 atom stereocenters. The molecule has 0 saturated heterocycles. The summed E-state index contributed by atoms with van der Waals surface area (Å²) < 4.78 is 29.2. The van der Waals surface area contributed by atoms with Gasteiger partial charge in [-0.25, -0.2) is 8.42 Å². The zero-order chi connectivity index (χ0) is 14.4. The Kier molecular flexibility index (Phi) is 4.73. The number of anilines is 1. The van der Waals surface area contributed by atoms with Gasteiger partial charge in [0.05, 0.1) is 16.3 Å².